The number of phenols is 1. The molecule has 0 radical (unpaired) electrons. The molecule has 2 rings (SSSR count). The highest BCUT2D eigenvalue weighted by atomic mass is 79.9. The van der Waals surface area contributed by atoms with E-state index in [0.29, 0.717) is 22.4 Å². The molecular weight excluding hydrogens is 298 g/mol. The van der Waals surface area contributed by atoms with Crippen molar-refractivity contribution in [2.75, 3.05) is 5.32 Å². The number of nitrogens with one attached hydrogen (secondary N) is 1. The summed E-state index contributed by atoms with van der Waals surface area (Å²) in [5, 5.41) is 16.1. The van der Waals surface area contributed by atoms with Gasteiger partial charge in [-0.3, -0.25) is 9.48 Å². The van der Waals surface area contributed by atoms with Gasteiger partial charge in [0.15, 0.2) is 5.69 Å². The summed E-state index contributed by atoms with van der Waals surface area (Å²) in [5.74, 6) is -0.217. The van der Waals surface area contributed by atoms with Crippen LogP contribution in [0.25, 0.3) is 0 Å². The van der Waals surface area contributed by atoms with Crippen LogP contribution in [0.15, 0.2) is 34.9 Å². The van der Waals surface area contributed by atoms with Gasteiger partial charge in [0.05, 0.1) is 4.47 Å². The minimum Gasteiger partial charge on any atom is -0.508 e. The van der Waals surface area contributed by atoms with Crippen molar-refractivity contribution in [3.8, 4) is 5.75 Å². The van der Waals surface area contributed by atoms with Crippen LogP contribution < -0.4 is 5.32 Å². The Morgan fingerprint density at radius 1 is 1.56 bits per heavy atom. The van der Waals surface area contributed by atoms with E-state index in [0.717, 1.165) is 0 Å². The lowest BCUT2D eigenvalue weighted by molar-refractivity contribution is 0.102. The number of amides is 1. The minimum atomic E-state index is -0.320. The highest BCUT2D eigenvalue weighted by Gasteiger charge is 2.15. The molecular formula is C12H12BrN3O2. The maximum Gasteiger partial charge on any atom is 0.277 e. The monoisotopic (exact) mass is 309 g/mol. The van der Waals surface area contributed by atoms with E-state index in [2.05, 4.69) is 26.3 Å². The summed E-state index contributed by atoms with van der Waals surface area (Å²) in [6.07, 6.45) is 1.75. The number of nitrogens with zero attached hydrogens (tertiary/aromatic N) is 2. The van der Waals surface area contributed by atoms with Gasteiger partial charge in [-0.05, 0) is 35.0 Å². The van der Waals surface area contributed by atoms with E-state index >= 15 is 0 Å². The maximum absolute atomic E-state index is 12.0. The zero-order valence-electron chi connectivity index (χ0n) is 9.72. The molecule has 0 aliphatic rings. The van der Waals surface area contributed by atoms with Gasteiger partial charge >= 0.3 is 0 Å². The molecule has 18 heavy (non-hydrogen) atoms. The third-order valence-corrected chi connectivity index (χ3v) is 2.94. The first kappa shape index (κ1) is 12.6. The molecule has 0 saturated heterocycles. The average molecular weight is 310 g/mol. The molecule has 0 aliphatic heterocycles. The fourth-order valence-corrected chi connectivity index (χ4v) is 1.98. The lowest BCUT2D eigenvalue weighted by Gasteiger charge is -2.03. The van der Waals surface area contributed by atoms with Gasteiger partial charge in [-0.25, -0.2) is 0 Å². The van der Waals surface area contributed by atoms with Gasteiger partial charge in [-0.15, -0.1) is 0 Å². The van der Waals surface area contributed by atoms with Gasteiger partial charge in [-0.2, -0.15) is 5.10 Å². The van der Waals surface area contributed by atoms with Crippen LogP contribution in [0.4, 0.5) is 5.69 Å². The maximum atomic E-state index is 12.0. The topological polar surface area (TPSA) is 67.2 Å². The first-order valence-corrected chi connectivity index (χ1v) is 6.22. The summed E-state index contributed by atoms with van der Waals surface area (Å²) in [5.41, 5.74) is 0.846. The SMILES string of the molecule is CCn1cc(Br)c(C(=O)Nc2cccc(O)c2)n1. The Kier molecular flexibility index (Phi) is 3.66. The molecule has 6 heteroatoms. The minimum absolute atomic E-state index is 0.103. The molecule has 0 saturated carbocycles. The largest absolute Gasteiger partial charge is 0.508 e. The highest BCUT2D eigenvalue weighted by molar-refractivity contribution is 9.10. The van der Waals surface area contributed by atoms with Crippen LogP contribution in [-0.4, -0.2) is 20.8 Å². The predicted molar refractivity (Wildman–Crippen MR) is 71.7 cm³/mol. The average Bonchev–Trinajstić information content (AvgIpc) is 2.70. The Balaban J connectivity index is 2.19. The molecule has 1 aromatic heterocycles. The van der Waals surface area contributed by atoms with Gasteiger partial charge in [0, 0.05) is 24.5 Å². The Labute approximate surface area is 113 Å². The molecule has 1 amide bonds. The number of hydrogen-bond acceptors (Lipinski definition) is 3. The zero-order chi connectivity index (χ0) is 13.1. The number of benzene rings is 1. The van der Waals surface area contributed by atoms with Crippen LogP contribution in [0.2, 0.25) is 0 Å². The van der Waals surface area contributed by atoms with Crippen molar-refractivity contribution >= 4 is 27.5 Å². The molecule has 1 heterocycles. The van der Waals surface area contributed by atoms with Gasteiger partial charge in [0.1, 0.15) is 5.75 Å². The second-order valence-corrected chi connectivity index (χ2v) is 4.54. The highest BCUT2D eigenvalue weighted by Crippen LogP contribution is 2.19. The molecule has 0 unspecified atom stereocenters. The molecule has 0 aliphatic carbocycles. The third kappa shape index (κ3) is 2.70. The second-order valence-electron chi connectivity index (χ2n) is 3.69. The van der Waals surface area contributed by atoms with Crippen molar-refractivity contribution in [2.45, 2.75) is 13.5 Å². The number of carbonyl (C=O) groups excluding carboxylic acids is 1. The number of phenolic OH excluding ortho intramolecular Hbond substituents is 1. The van der Waals surface area contributed by atoms with Gasteiger partial charge in [0.25, 0.3) is 5.91 Å². The number of aryl methyl sites for hydroxylation is 1. The molecule has 2 aromatic rings. The number of anilines is 1. The third-order valence-electron chi connectivity index (χ3n) is 2.36. The summed E-state index contributed by atoms with van der Waals surface area (Å²) in [4.78, 5) is 12.0. The van der Waals surface area contributed by atoms with E-state index in [4.69, 9.17) is 0 Å². The standard InChI is InChI=1S/C12H12BrN3O2/c1-2-16-7-10(13)11(15-16)12(18)14-8-4-3-5-9(17)6-8/h3-7,17H,2H2,1H3,(H,14,18). The van der Waals surface area contributed by atoms with Crippen LogP contribution in [-0.2, 0) is 6.54 Å². The quantitative estimate of drug-likeness (QED) is 0.916. The normalized spacial score (nSPS) is 10.3. The Morgan fingerprint density at radius 3 is 2.94 bits per heavy atom. The fraction of sp³-hybridized carbons (Fsp3) is 0.167. The molecule has 0 fully saturated rings. The fourth-order valence-electron chi connectivity index (χ4n) is 1.49. The molecule has 2 N–H and O–H groups in total. The van der Waals surface area contributed by atoms with Crippen molar-refractivity contribution < 1.29 is 9.90 Å². The molecule has 5 nitrogen and oxygen atoms in total. The van der Waals surface area contributed by atoms with E-state index in [-0.39, 0.29) is 11.7 Å². The molecule has 0 bridgehead atoms. The summed E-state index contributed by atoms with van der Waals surface area (Å²) < 4.78 is 2.31. The van der Waals surface area contributed by atoms with Crippen molar-refractivity contribution in [2.24, 2.45) is 0 Å². The van der Waals surface area contributed by atoms with E-state index in [1.54, 1.807) is 23.0 Å². The number of carbonyl (C=O) groups is 1. The van der Waals surface area contributed by atoms with Gasteiger partial charge in [-0.1, -0.05) is 6.07 Å². The van der Waals surface area contributed by atoms with Crippen molar-refractivity contribution in [1.82, 2.24) is 9.78 Å². The smallest absolute Gasteiger partial charge is 0.277 e. The van der Waals surface area contributed by atoms with Crippen LogP contribution in [0, 0.1) is 0 Å². The lowest BCUT2D eigenvalue weighted by Crippen LogP contribution is -2.13. The van der Waals surface area contributed by atoms with Gasteiger partial charge in [0.2, 0.25) is 0 Å². The lowest BCUT2D eigenvalue weighted by atomic mass is 10.3. The Hall–Kier alpha value is -1.82. The van der Waals surface area contributed by atoms with E-state index in [9.17, 15) is 9.90 Å². The van der Waals surface area contributed by atoms with Crippen LogP contribution >= 0.6 is 15.9 Å². The van der Waals surface area contributed by atoms with E-state index in [1.165, 1.54) is 12.1 Å². The summed E-state index contributed by atoms with van der Waals surface area (Å²) >= 11 is 3.29. The Morgan fingerprint density at radius 2 is 2.33 bits per heavy atom. The molecule has 0 spiro atoms. The van der Waals surface area contributed by atoms with Crippen molar-refractivity contribution in [3.63, 3.8) is 0 Å². The van der Waals surface area contributed by atoms with E-state index < -0.39 is 0 Å². The summed E-state index contributed by atoms with van der Waals surface area (Å²) in [7, 11) is 0. The van der Waals surface area contributed by atoms with Crippen LogP contribution in [0.3, 0.4) is 0 Å². The van der Waals surface area contributed by atoms with E-state index in [1.807, 2.05) is 6.92 Å². The molecule has 0 atom stereocenters. The number of aromatic nitrogens is 2. The van der Waals surface area contributed by atoms with Crippen molar-refractivity contribution in [1.29, 1.82) is 0 Å². The summed E-state index contributed by atoms with van der Waals surface area (Å²) in [6, 6.07) is 6.37. The first-order chi connectivity index (χ1) is 8.60. The number of rotatable bonds is 3. The number of hydrogen-bond donors (Lipinski definition) is 2. The van der Waals surface area contributed by atoms with Crippen LogP contribution in [0.5, 0.6) is 5.75 Å². The van der Waals surface area contributed by atoms with Crippen molar-refractivity contribution in [3.05, 3.63) is 40.6 Å². The molecule has 1 aromatic carbocycles. The molecule has 94 valence electrons. The van der Waals surface area contributed by atoms with Crippen LogP contribution in [0.1, 0.15) is 17.4 Å². The number of halogens is 1. The second kappa shape index (κ2) is 5.22. The van der Waals surface area contributed by atoms with Gasteiger partial charge < -0.3 is 10.4 Å². The zero-order valence-corrected chi connectivity index (χ0v) is 11.3. The first-order valence-electron chi connectivity index (χ1n) is 5.43. The Bertz CT molecular complexity index is 580. The summed E-state index contributed by atoms with van der Waals surface area (Å²) in [6.45, 7) is 2.63. The predicted octanol–water partition coefficient (Wildman–Crippen LogP) is 2.62. The number of aromatic hydroxyl groups is 1.